The maximum absolute atomic E-state index is 11.7. The number of hydrogen-bond donors (Lipinski definition) is 0. The lowest BCUT2D eigenvalue weighted by Crippen LogP contribution is -2.07. The van der Waals surface area contributed by atoms with E-state index in [1.54, 1.807) is 6.08 Å². The first kappa shape index (κ1) is 15.5. The first-order valence-electron chi connectivity index (χ1n) is 7.11. The Balaban J connectivity index is 2.40. The summed E-state index contributed by atoms with van der Waals surface area (Å²) >= 11 is 0. The molecule has 0 aliphatic carbocycles. The number of carbonyl (C=O) groups is 1. The Morgan fingerprint density at radius 3 is 2.37 bits per heavy atom. The number of anilines is 1. The van der Waals surface area contributed by atoms with Crippen molar-refractivity contribution in [3.05, 3.63) is 35.9 Å². The zero-order chi connectivity index (χ0) is 14.1. The van der Waals surface area contributed by atoms with Crippen LogP contribution in [0.5, 0.6) is 0 Å². The van der Waals surface area contributed by atoms with E-state index in [2.05, 4.69) is 24.0 Å². The van der Waals surface area contributed by atoms with Crippen molar-refractivity contribution in [2.24, 2.45) is 0 Å². The summed E-state index contributed by atoms with van der Waals surface area (Å²) in [4.78, 5) is 13.7. The minimum absolute atomic E-state index is 0.229. The van der Waals surface area contributed by atoms with Crippen LogP contribution in [0.4, 0.5) is 5.69 Å². The van der Waals surface area contributed by atoms with Crippen LogP contribution in [-0.4, -0.2) is 19.9 Å². The van der Waals surface area contributed by atoms with Crippen molar-refractivity contribution in [2.45, 2.75) is 39.0 Å². The molecule has 0 aromatic heterocycles. The Labute approximate surface area is 117 Å². The molecule has 0 bridgehead atoms. The zero-order valence-electron chi connectivity index (χ0n) is 12.4. The van der Waals surface area contributed by atoms with Crippen molar-refractivity contribution in [3.8, 4) is 0 Å². The quantitative estimate of drug-likeness (QED) is 0.512. The average molecular weight is 259 g/mol. The van der Waals surface area contributed by atoms with Gasteiger partial charge in [0.2, 0.25) is 0 Å². The third-order valence-electron chi connectivity index (χ3n) is 3.15. The number of ketones is 1. The van der Waals surface area contributed by atoms with Crippen LogP contribution >= 0.6 is 0 Å². The first-order valence-corrected chi connectivity index (χ1v) is 7.11. The summed E-state index contributed by atoms with van der Waals surface area (Å²) in [5.74, 6) is 0.229. The molecular formula is C17H25NO. The molecule has 0 amide bonds. The monoisotopic (exact) mass is 259 g/mol. The van der Waals surface area contributed by atoms with Crippen LogP contribution in [-0.2, 0) is 4.79 Å². The molecular weight excluding hydrogens is 234 g/mol. The number of allylic oxidation sites excluding steroid dienone is 1. The molecule has 19 heavy (non-hydrogen) atoms. The van der Waals surface area contributed by atoms with Crippen LogP contribution in [0.1, 0.15) is 44.6 Å². The van der Waals surface area contributed by atoms with Gasteiger partial charge in [0.1, 0.15) is 0 Å². The van der Waals surface area contributed by atoms with Crippen molar-refractivity contribution in [2.75, 3.05) is 19.0 Å². The molecule has 0 N–H and O–H groups in total. The smallest absolute Gasteiger partial charge is 0.155 e. The molecule has 1 aromatic carbocycles. The summed E-state index contributed by atoms with van der Waals surface area (Å²) in [5.41, 5.74) is 2.25. The van der Waals surface area contributed by atoms with Gasteiger partial charge in [-0.05, 0) is 30.2 Å². The van der Waals surface area contributed by atoms with E-state index in [9.17, 15) is 4.79 Å². The molecule has 104 valence electrons. The summed E-state index contributed by atoms with van der Waals surface area (Å²) < 4.78 is 0. The average Bonchev–Trinajstić information content (AvgIpc) is 2.42. The van der Waals surface area contributed by atoms with Gasteiger partial charge in [-0.1, -0.05) is 44.4 Å². The Morgan fingerprint density at radius 1 is 1.11 bits per heavy atom. The summed E-state index contributed by atoms with van der Waals surface area (Å²) in [7, 11) is 4.04. The highest BCUT2D eigenvalue weighted by Gasteiger charge is 1.97. The molecule has 2 nitrogen and oxygen atoms in total. The molecule has 0 aliphatic heterocycles. The molecule has 2 heteroatoms. The zero-order valence-corrected chi connectivity index (χ0v) is 12.4. The molecule has 0 saturated heterocycles. The van der Waals surface area contributed by atoms with Crippen LogP contribution in [0.3, 0.4) is 0 Å². The fraction of sp³-hybridized carbons (Fsp3) is 0.471. The van der Waals surface area contributed by atoms with E-state index in [0.29, 0.717) is 6.42 Å². The fourth-order valence-electron chi connectivity index (χ4n) is 1.88. The van der Waals surface area contributed by atoms with Gasteiger partial charge in [-0.3, -0.25) is 4.79 Å². The summed E-state index contributed by atoms with van der Waals surface area (Å²) in [6.07, 6.45) is 8.89. The van der Waals surface area contributed by atoms with Gasteiger partial charge in [-0.2, -0.15) is 0 Å². The minimum Gasteiger partial charge on any atom is -0.378 e. The summed E-state index contributed by atoms with van der Waals surface area (Å²) in [5, 5.41) is 0. The SMILES string of the molecule is CCCCCCC(=O)/C=C\c1ccc(N(C)C)cc1. The lowest BCUT2D eigenvalue weighted by atomic mass is 10.1. The van der Waals surface area contributed by atoms with Crippen LogP contribution < -0.4 is 4.90 Å². The highest BCUT2D eigenvalue weighted by Crippen LogP contribution is 2.13. The maximum atomic E-state index is 11.7. The van der Waals surface area contributed by atoms with E-state index >= 15 is 0 Å². The number of nitrogens with zero attached hydrogens (tertiary/aromatic N) is 1. The van der Waals surface area contributed by atoms with Crippen molar-refractivity contribution in [1.82, 2.24) is 0 Å². The van der Waals surface area contributed by atoms with Crippen molar-refractivity contribution < 1.29 is 4.79 Å². The lowest BCUT2D eigenvalue weighted by Gasteiger charge is -2.11. The minimum atomic E-state index is 0.229. The third-order valence-corrected chi connectivity index (χ3v) is 3.15. The molecule has 0 atom stereocenters. The molecule has 0 spiro atoms. The van der Waals surface area contributed by atoms with Gasteiger partial charge in [0.25, 0.3) is 0 Å². The molecule has 0 fully saturated rings. The molecule has 1 rings (SSSR count). The Bertz CT molecular complexity index is 404. The summed E-state index contributed by atoms with van der Waals surface area (Å²) in [6, 6.07) is 8.20. The van der Waals surface area contributed by atoms with Crippen LogP contribution in [0.25, 0.3) is 6.08 Å². The maximum Gasteiger partial charge on any atom is 0.155 e. The fourth-order valence-corrected chi connectivity index (χ4v) is 1.88. The van der Waals surface area contributed by atoms with Gasteiger partial charge in [0.05, 0.1) is 0 Å². The standard InChI is InChI=1S/C17H25NO/c1-4-5-6-7-8-17(19)14-11-15-9-12-16(13-10-15)18(2)3/h9-14H,4-8H2,1-3H3/b14-11-. The van der Waals surface area contributed by atoms with Crippen LogP contribution in [0, 0.1) is 0 Å². The number of unbranched alkanes of at least 4 members (excludes halogenated alkanes) is 3. The van der Waals surface area contributed by atoms with E-state index in [1.165, 1.54) is 18.5 Å². The highest BCUT2D eigenvalue weighted by molar-refractivity contribution is 5.93. The molecule has 0 radical (unpaired) electrons. The van der Waals surface area contributed by atoms with Crippen LogP contribution in [0.15, 0.2) is 30.3 Å². The van der Waals surface area contributed by atoms with Gasteiger partial charge in [-0.25, -0.2) is 0 Å². The third kappa shape index (κ3) is 6.23. The Morgan fingerprint density at radius 2 is 1.79 bits per heavy atom. The van der Waals surface area contributed by atoms with Gasteiger partial charge in [0, 0.05) is 26.2 Å². The number of rotatable bonds is 8. The second kappa shape index (κ2) is 8.52. The van der Waals surface area contributed by atoms with Crippen molar-refractivity contribution in [3.63, 3.8) is 0 Å². The molecule has 0 unspecified atom stereocenters. The van der Waals surface area contributed by atoms with E-state index in [4.69, 9.17) is 0 Å². The number of hydrogen-bond acceptors (Lipinski definition) is 2. The Kier molecular flexibility index (Phi) is 6.94. The second-order valence-corrected chi connectivity index (χ2v) is 5.10. The Hall–Kier alpha value is -1.57. The van der Waals surface area contributed by atoms with Crippen LogP contribution in [0.2, 0.25) is 0 Å². The largest absolute Gasteiger partial charge is 0.378 e. The van der Waals surface area contributed by atoms with Gasteiger partial charge >= 0.3 is 0 Å². The van der Waals surface area contributed by atoms with Crippen molar-refractivity contribution >= 4 is 17.5 Å². The molecule has 0 aliphatic rings. The predicted octanol–water partition coefficient (Wildman–Crippen LogP) is 4.31. The normalized spacial score (nSPS) is 10.9. The van der Waals surface area contributed by atoms with Crippen molar-refractivity contribution in [1.29, 1.82) is 0 Å². The predicted molar refractivity (Wildman–Crippen MR) is 83.6 cm³/mol. The molecule has 0 saturated carbocycles. The van der Waals surface area contributed by atoms with E-state index in [-0.39, 0.29) is 5.78 Å². The molecule has 1 aromatic rings. The van der Waals surface area contributed by atoms with Gasteiger partial charge in [0.15, 0.2) is 5.78 Å². The van der Waals surface area contributed by atoms with Gasteiger partial charge < -0.3 is 4.90 Å². The lowest BCUT2D eigenvalue weighted by molar-refractivity contribution is -0.114. The summed E-state index contributed by atoms with van der Waals surface area (Å²) in [6.45, 7) is 2.18. The number of carbonyl (C=O) groups excluding carboxylic acids is 1. The van der Waals surface area contributed by atoms with E-state index in [1.807, 2.05) is 32.3 Å². The number of benzene rings is 1. The van der Waals surface area contributed by atoms with E-state index < -0.39 is 0 Å². The molecule has 0 heterocycles. The topological polar surface area (TPSA) is 20.3 Å². The highest BCUT2D eigenvalue weighted by atomic mass is 16.1. The van der Waals surface area contributed by atoms with E-state index in [0.717, 1.165) is 18.4 Å². The van der Waals surface area contributed by atoms with Gasteiger partial charge in [-0.15, -0.1) is 0 Å². The first-order chi connectivity index (χ1) is 9.13. The second-order valence-electron chi connectivity index (χ2n) is 5.10.